The number of fused-ring (bicyclic) bond motifs is 20. The number of rotatable bonds is 38. The molecule has 8 aromatic heterocycles. The second kappa shape index (κ2) is 35.4. The molecule has 0 amide bonds. The van der Waals surface area contributed by atoms with Gasteiger partial charge in [-0.15, -0.1) is 90.7 Å². The molecule has 15 rings (SSSR count). The third-order valence-electron chi connectivity index (χ3n) is 23.9. The molecule has 0 N–H and O–H groups in total. The number of thiophene rings is 8. The van der Waals surface area contributed by atoms with Gasteiger partial charge in [-0.2, -0.15) is 0 Å². The van der Waals surface area contributed by atoms with Crippen molar-refractivity contribution in [3.63, 3.8) is 0 Å². The summed E-state index contributed by atoms with van der Waals surface area (Å²) >= 11 is 28.5. The Balaban J connectivity index is 0.946. The quantitative estimate of drug-likeness (QED) is 0.0165. The van der Waals surface area contributed by atoms with E-state index in [1.807, 2.05) is 104 Å². The van der Waals surface area contributed by atoms with Crippen LogP contribution in [0.25, 0.3) is 110 Å². The number of halogens is 2. The summed E-state index contributed by atoms with van der Waals surface area (Å²) < 4.78 is 28.3. The number of ketones is 2. The number of unbranched alkanes of at least 4 members (excludes halogenated alkanes) is 22. The SMILES string of the molecule is [C-]#[N+]C(C#N)=C1/C(=C/c2cc3c(s2)-c2sc4c(sc5c4sc4c(OCCCCCCCC)c6c(sc7c8sc9c(c8sc76)C(CCCCCC)(CCCCCC)c6cc(/C=C7\C(=O)c8cc(Cl)c(Cl)cc8\C7=C(\C#N)[N+]#[C-])sc6-9)c(OCCCCCCCC)c45)c2C3(CCCCCC)CCCCCC)C(=O)c2ccccc21. The van der Waals surface area contributed by atoms with Gasteiger partial charge < -0.3 is 9.47 Å². The predicted molar refractivity (Wildman–Crippen MR) is 485 cm³/mol. The van der Waals surface area contributed by atoms with Crippen LogP contribution in [0.3, 0.4) is 0 Å². The zero-order valence-electron chi connectivity index (χ0n) is 65.3. The first-order valence-corrected chi connectivity index (χ1v) is 48.6. The molecule has 4 aliphatic rings. The van der Waals surface area contributed by atoms with Crippen molar-refractivity contribution in [3.8, 4) is 43.1 Å². The third kappa shape index (κ3) is 14.4. The number of hydrogen-bond donors (Lipinski definition) is 0. The fourth-order valence-electron chi connectivity index (χ4n) is 18.4. The lowest BCUT2D eigenvalue weighted by molar-refractivity contribution is 0.103. The third-order valence-corrected chi connectivity index (χ3v) is 35.2. The van der Waals surface area contributed by atoms with E-state index < -0.39 is 0 Å². The highest BCUT2D eigenvalue weighted by Crippen LogP contribution is 2.69. The van der Waals surface area contributed by atoms with Crippen LogP contribution in [-0.2, 0) is 10.8 Å². The molecule has 0 bridgehead atoms. The topological polar surface area (TPSA) is 109 Å². The van der Waals surface area contributed by atoms with Gasteiger partial charge in [-0.05, 0) is 97.2 Å². The first-order chi connectivity index (χ1) is 54.8. The number of ether oxygens (including phenoxy) is 2. The van der Waals surface area contributed by atoms with Crippen molar-refractivity contribution in [2.75, 3.05) is 13.2 Å². The van der Waals surface area contributed by atoms with Gasteiger partial charge in [-0.25, -0.2) is 20.2 Å². The highest BCUT2D eigenvalue weighted by atomic mass is 35.5. The van der Waals surface area contributed by atoms with E-state index in [0.29, 0.717) is 57.8 Å². The minimum absolute atomic E-state index is 0.0551. The molecule has 8 nitrogen and oxygen atoms in total. The van der Waals surface area contributed by atoms with E-state index in [0.717, 1.165) is 150 Å². The van der Waals surface area contributed by atoms with E-state index in [2.05, 4.69) is 75.5 Å². The number of Topliss-reactive ketones (excluding diaryl/α,β-unsaturated/α-hetero) is 2. The van der Waals surface area contributed by atoms with E-state index >= 15 is 0 Å². The van der Waals surface area contributed by atoms with E-state index in [-0.39, 0.29) is 43.8 Å². The van der Waals surface area contributed by atoms with Gasteiger partial charge in [0.2, 0.25) is 0 Å². The summed E-state index contributed by atoms with van der Waals surface area (Å²) in [7, 11) is 0. The first kappa shape index (κ1) is 80.4. The maximum absolute atomic E-state index is 14.7. The number of allylic oxidation sites excluding steroid dienone is 6. The molecule has 11 aromatic rings. The van der Waals surface area contributed by atoms with Gasteiger partial charge in [-0.3, -0.25) is 9.59 Å². The number of hydrogen-bond acceptors (Lipinski definition) is 14. The molecule has 0 aliphatic heterocycles. The number of benzene rings is 3. The number of nitriles is 2. The molecule has 3 aromatic carbocycles. The maximum Gasteiger partial charge on any atom is 0.270 e. The summed E-state index contributed by atoms with van der Waals surface area (Å²) in [5, 5.41) is 23.8. The van der Waals surface area contributed by atoms with Crippen LogP contribution in [0.1, 0.15) is 311 Å². The zero-order valence-corrected chi connectivity index (χ0v) is 73.3. The monoisotopic (exact) mass is 1670 g/mol. The minimum atomic E-state index is -0.286. The second-order valence-corrected chi connectivity index (χ2v) is 40.3. The van der Waals surface area contributed by atoms with Crippen LogP contribution in [-0.4, -0.2) is 24.8 Å². The average molecular weight is 1670 g/mol. The van der Waals surface area contributed by atoms with Crippen LogP contribution in [0.15, 0.2) is 71.1 Å². The van der Waals surface area contributed by atoms with Gasteiger partial charge in [0.15, 0.2) is 11.6 Å². The summed E-state index contributed by atoms with van der Waals surface area (Å²) in [4.78, 5) is 43.8. The minimum Gasteiger partial charge on any atom is -0.491 e. The molecule has 112 heavy (non-hydrogen) atoms. The smallest absolute Gasteiger partial charge is 0.270 e. The summed E-state index contributed by atoms with van der Waals surface area (Å²) in [6.07, 6.45) is 40.3. The fourth-order valence-corrected chi connectivity index (χ4v) is 30.8. The molecule has 0 saturated heterocycles. The second-order valence-electron chi connectivity index (χ2n) is 31.2. The van der Waals surface area contributed by atoms with E-state index in [9.17, 15) is 20.1 Å². The van der Waals surface area contributed by atoms with Crippen LogP contribution in [0.5, 0.6) is 11.5 Å². The molecule has 0 fully saturated rings. The Morgan fingerprint density at radius 1 is 0.411 bits per heavy atom. The fraction of sp³-hybridized carbons (Fsp3) is 0.447. The summed E-state index contributed by atoms with van der Waals surface area (Å²) in [5.41, 5.74) is 8.47. The molecule has 578 valence electrons. The van der Waals surface area contributed by atoms with Gasteiger partial charge >= 0.3 is 0 Å². The number of carbonyl (C=O) groups is 2. The Bertz CT molecular complexity index is 5720. The Morgan fingerprint density at radius 2 is 0.759 bits per heavy atom. The number of carbonyl (C=O) groups excluding carboxylic acids is 2. The van der Waals surface area contributed by atoms with E-state index in [1.165, 1.54) is 177 Å². The van der Waals surface area contributed by atoms with Crippen LogP contribution in [0.2, 0.25) is 10.0 Å². The lowest BCUT2D eigenvalue weighted by Crippen LogP contribution is -2.25. The van der Waals surface area contributed by atoms with E-state index in [4.69, 9.17) is 45.8 Å². The molecule has 4 aliphatic carbocycles. The molecular formula is C94H96Cl2N4O4S8. The lowest BCUT2D eigenvalue weighted by atomic mass is 9.71. The molecule has 18 heteroatoms. The molecule has 0 spiro atoms. The molecule has 0 atom stereocenters. The van der Waals surface area contributed by atoms with Crippen LogP contribution in [0.4, 0.5) is 0 Å². The Labute approximate surface area is 702 Å². The molecule has 0 saturated carbocycles. The zero-order chi connectivity index (χ0) is 78.0. The summed E-state index contributed by atoms with van der Waals surface area (Å²) in [6.45, 7) is 31.3. The summed E-state index contributed by atoms with van der Waals surface area (Å²) in [5.74, 6) is 1.60. The molecule has 0 radical (unpaired) electrons. The van der Waals surface area contributed by atoms with E-state index in [1.54, 1.807) is 34.8 Å². The van der Waals surface area contributed by atoms with Gasteiger partial charge in [0.05, 0.1) is 116 Å². The van der Waals surface area contributed by atoms with Crippen molar-refractivity contribution in [1.29, 1.82) is 10.5 Å². The van der Waals surface area contributed by atoms with Crippen molar-refractivity contribution < 1.29 is 19.1 Å². The van der Waals surface area contributed by atoms with Crippen molar-refractivity contribution in [1.82, 2.24) is 0 Å². The Hall–Kier alpha value is -6.74. The highest BCUT2D eigenvalue weighted by molar-refractivity contribution is 7.44. The predicted octanol–water partition coefficient (Wildman–Crippen LogP) is 33.2. The molecular weight excluding hydrogens is 1580 g/mol. The molecule has 8 heterocycles. The van der Waals surface area contributed by atoms with Gasteiger partial charge in [-0.1, -0.05) is 256 Å². The number of nitrogens with zero attached hydrogens (tertiary/aromatic N) is 4. The van der Waals surface area contributed by atoms with Gasteiger partial charge in [0.1, 0.15) is 11.5 Å². The van der Waals surface area contributed by atoms with Gasteiger partial charge in [0, 0.05) is 74.9 Å². The van der Waals surface area contributed by atoms with Gasteiger partial charge in [0.25, 0.3) is 11.4 Å². The van der Waals surface area contributed by atoms with Crippen molar-refractivity contribution in [2.24, 2.45) is 0 Å². The van der Waals surface area contributed by atoms with Crippen molar-refractivity contribution >= 4 is 207 Å². The standard InChI is InChI=1S/C94H96Cl2N4O4S8/c1-9-15-21-27-29-37-45-103-77-71-81(107-89-83(71)109-87-73-85(111-91(87)89)79-63(93(73,41-33-23-17-11-3)42-34-24-18-12-4)49-55(105-79)47-61-69(67(53-97)99-7)57-39-31-32-40-58(57)75(61)101)78(104-46-38-30-28-22-16-10-2)72-82(77)108-90-84(72)110-88-74-86(112-92(88)90)80-64(94(74,43-35-25-19-13-5)44-36-26-20-14-6)50-56(106-80)48-62-70(68(54-98)100-8)59-51-65(95)66(96)52-60(59)76(62)102/h31-32,39-40,47-52H,9-30,33-38,41-46H2,1-6H3/b61-47-,62-48-,69-67?,70-68+. The average Bonchev–Trinajstić information content (AvgIpc) is 1.51. The Morgan fingerprint density at radius 3 is 1.16 bits per heavy atom. The van der Waals surface area contributed by atoms with Crippen molar-refractivity contribution in [2.45, 2.75) is 258 Å². The van der Waals surface area contributed by atoms with Crippen LogP contribution < -0.4 is 9.47 Å². The van der Waals surface area contributed by atoms with Crippen LogP contribution in [0, 0.1) is 35.8 Å². The van der Waals surface area contributed by atoms with Crippen LogP contribution >= 0.6 is 114 Å². The summed E-state index contributed by atoms with van der Waals surface area (Å²) in [6, 6.07) is 19.7. The first-order valence-electron chi connectivity index (χ1n) is 41.3. The maximum atomic E-state index is 14.7. The van der Waals surface area contributed by atoms with Crippen molar-refractivity contribution in [3.05, 3.63) is 158 Å². The lowest BCUT2D eigenvalue weighted by Gasteiger charge is -2.32. The largest absolute Gasteiger partial charge is 0.491 e. The highest BCUT2D eigenvalue weighted by Gasteiger charge is 2.50. The normalized spacial score (nSPS) is 16.0. The molecule has 0 unspecified atom stereocenters. The Kier molecular flexibility index (Phi) is 25.4.